The fourth-order valence-corrected chi connectivity index (χ4v) is 1.05. The first-order valence-electron chi connectivity index (χ1n) is 3.71. The maximum absolute atomic E-state index is 10.7. The molecular formula is C9H11NO2. The molecular weight excluding hydrogens is 154 g/mol. The molecule has 0 aliphatic rings. The monoisotopic (exact) mass is 165 g/mol. The number of rotatable bonds is 2. The number of benzene rings is 1. The highest BCUT2D eigenvalue weighted by Gasteiger charge is 2.00. The number of nitrogens with one attached hydrogen (secondary N) is 1. The normalized spacial score (nSPS) is 9.50. The Kier molecular flexibility index (Phi) is 2.82. The van der Waals surface area contributed by atoms with Crippen LogP contribution in [0, 0.1) is 6.92 Å². The van der Waals surface area contributed by atoms with Gasteiger partial charge in [0.2, 0.25) is 5.91 Å². The molecule has 3 heteroatoms. The molecule has 1 aromatic carbocycles. The molecule has 0 aliphatic heterocycles. The molecule has 0 radical (unpaired) electrons. The predicted octanol–water partition coefficient (Wildman–Crippen LogP) is 1.04. The Labute approximate surface area is 71.0 Å². The van der Waals surface area contributed by atoms with E-state index in [1.165, 1.54) is 0 Å². The van der Waals surface area contributed by atoms with E-state index in [0.29, 0.717) is 0 Å². The molecule has 1 aromatic rings. The van der Waals surface area contributed by atoms with Crippen LogP contribution in [0.5, 0.6) is 0 Å². The molecule has 0 saturated carbocycles. The lowest BCUT2D eigenvalue weighted by Gasteiger charge is -1.99. The van der Waals surface area contributed by atoms with E-state index < -0.39 is 0 Å². The van der Waals surface area contributed by atoms with Crippen LogP contribution in [0.4, 0.5) is 0 Å². The largest absolute Gasteiger partial charge is 0.289 e. The van der Waals surface area contributed by atoms with E-state index in [2.05, 4.69) is 0 Å². The molecule has 64 valence electrons. The van der Waals surface area contributed by atoms with E-state index in [1.807, 2.05) is 31.2 Å². The van der Waals surface area contributed by atoms with E-state index in [-0.39, 0.29) is 12.3 Å². The van der Waals surface area contributed by atoms with Crippen LogP contribution in [-0.2, 0) is 11.2 Å². The molecule has 1 amide bonds. The lowest BCUT2D eigenvalue weighted by molar-refractivity contribution is -0.128. The van der Waals surface area contributed by atoms with Gasteiger partial charge in [-0.05, 0) is 12.5 Å². The third-order valence-corrected chi connectivity index (χ3v) is 1.57. The summed E-state index contributed by atoms with van der Waals surface area (Å²) in [5, 5.41) is 8.27. The van der Waals surface area contributed by atoms with Crippen LogP contribution < -0.4 is 5.48 Å². The van der Waals surface area contributed by atoms with Crippen LogP contribution in [0.15, 0.2) is 24.3 Å². The quantitative estimate of drug-likeness (QED) is 0.508. The Bertz CT molecular complexity index is 284. The summed E-state index contributed by atoms with van der Waals surface area (Å²) in [6.07, 6.45) is 0.220. The first-order chi connectivity index (χ1) is 5.72. The smallest absolute Gasteiger partial charge is 0.247 e. The number of aryl methyl sites for hydroxylation is 1. The molecule has 3 nitrogen and oxygen atoms in total. The van der Waals surface area contributed by atoms with Crippen molar-refractivity contribution in [3.63, 3.8) is 0 Å². The first kappa shape index (κ1) is 8.74. The molecule has 2 N–H and O–H groups in total. The molecule has 0 spiro atoms. The second kappa shape index (κ2) is 3.88. The van der Waals surface area contributed by atoms with Crippen molar-refractivity contribution in [2.45, 2.75) is 13.3 Å². The summed E-state index contributed by atoms with van der Waals surface area (Å²) in [6, 6.07) is 7.60. The summed E-state index contributed by atoms with van der Waals surface area (Å²) >= 11 is 0. The number of hydroxylamine groups is 1. The Morgan fingerprint density at radius 2 is 2.33 bits per heavy atom. The van der Waals surface area contributed by atoms with E-state index in [4.69, 9.17) is 5.21 Å². The van der Waals surface area contributed by atoms with Crippen LogP contribution in [0.25, 0.3) is 0 Å². The molecule has 0 saturated heterocycles. The minimum absolute atomic E-state index is 0.220. The van der Waals surface area contributed by atoms with Gasteiger partial charge in [-0.1, -0.05) is 29.8 Å². The van der Waals surface area contributed by atoms with Crippen LogP contribution >= 0.6 is 0 Å². The highest BCUT2D eigenvalue weighted by molar-refractivity contribution is 5.77. The molecule has 0 bridgehead atoms. The van der Waals surface area contributed by atoms with Crippen molar-refractivity contribution >= 4 is 5.91 Å². The molecule has 0 aromatic heterocycles. The van der Waals surface area contributed by atoms with Crippen molar-refractivity contribution in [1.82, 2.24) is 5.48 Å². The van der Waals surface area contributed by atoms with E-state index in [0.717, 1.165) is 11.1 Å². The molecule has 0 unspecified atom stereocenters. The van der Waals surface area contributed by atoms with Gasteiger partial charge in [-0.3, -0.25) is 10.0 Å². The second-order valence-electron chi connectivity index (χ2n) is 2.70. The summed E-state index contributed by atoms with van der Waals surface area (Å²) in [5.41, 5.74) is 3.61. The van der Waals surface area contributed by atoms with Crippen molar-refractivity contribution < 1.29 is 10.0 Å². The summed E-state index contributed by atoms with van der Waals surface area (Å²) in [6.45, 7) is 1.96. The maximum Gasteiger partial charge on any atom is 0.247 e. The Balaban J connectivity index is 2.69. The third-order valence-electron chi connectivity index (χ3n) is 1.57. The number of carbonyl (C=O) groups excluding carboxylic acids is 1. The van der Waals surface area contributed by atoms with Crippen LogP contribution in [0.2, 0.25) is 0 Å². The van der Waals surface area contributed by atoms with E-state index in [9.17, 15) is 4.79 Å². The average Bonchev–Trinajstić information content (AvgIpc) is 2.04. The van der Waals surface area contributed by atoms with Gasteiger partial charge >= 0.3 is 0 Å². The SMILES string of the molecule is Cc1cccc(CC(=O)NO)c1. The standard InChI is InChI=1S/C9H11NO2/c1-7-3-2-4-8(5-7)6-9(11)10-12/h2-5,12H,6H2,1H3,(H,10,11). The predicted molar refractivity (Wildman–Crippen MR) is 44.8 cm³/mol. The van der Waals surface area contributed by atoms with Gasteiger partial charge in [0.1, 0.15) is 0 Å². The van der Waals surface area contributed by atoms with Gasteiger partial charge in [-0.25, -0.2) is 5.48 Å². The number of carbonyl (C=O) groups is 1. The summed E-state index contributed by atoms with van der Waals surface area (Å²) in [4.78, 5) is 10.7. The van der Waals surface area contributed by atoms with Gasteiger partial charge in [-0.2, -0.15) is 0 Å². The van der Waals surface area contributed by atoms with Gasteiger partial charge in [0.05, 0.1) is 6.42 Å². The summed E-state index contributed by atoms with van der Waals surface area (Å²) in [5.74, 6) is -0.388. The number of amides is 1. The average molecular weight is 165 g/mol. The van der Waals surface area contributed by atoms with Gasteiger partial charge in [0.15, 0.2) is 0 Å². The van der Waals surface area contributed by atoms with Gasteiger partial charge in [0.25, 0.3) is 0 Å². The van der Waals surface area contributed by atoms with Crippen LogP contribution in [0.1, 0.15) is 11.1 Å². The third kappa shape index (κ3) is 2.36. The molecule has 1 rings (SSSR count). The summed E-state index contributed by atoms with van der Waals surface area (Å²) < 4.78 is 0. The first-order valence-corrected chi connectivity index (χ1v) is 3.71. The van der Waals surface area contributed by atoms with Crippen molar-refractivity contribution in [2.75, 3.05) is 0 Å². The van der Waals surface area contributed by atoms with Gasteiger partial charge in [-0.15, -0.1) is 0 Å². The van der Waals surface area contributed by atoms with E-state index in [1.54, 1.807) is 5.48 Å². The zero-order valence-corrected chi connectivity index (χ0v) is 6.87. The minimum Gasteiger partial charge on any atom is -0.289 e. The number of hydrogen-bond donors (Lipinski definition) is 2. The molecule has 0 atom stereocenters. The number of hydrogen-bond acceptors (Lipinski definition) is 2. The van der Waals surface area contributed by atoms with Crippen molar-refractivity contribution in [3.8, 4) is 0 Å². The lowest BCUT2D eigenvalue weighted by Crippen LogP contribution is -2.20. The van der Waals surface area contributed by atoms with Gasteiger partial charge in [0, 0.05) is 0 Å². The fraction of sp³-hybridized carbons (Fsp3) is 0.222. The molecule has 0 heterocycles. The van der Waals surface area contributed by atoms with Crippen molar-refractivity contribution in [3.05, 3.63) is 35.4 Å². The second-order valence-corrected chi connectivity index (χ2v) is 2.70. The van der Waals surface area contributed by atoms with Crippen LogP contribution in [-0.4, -0.2) is 11.1 Å². The Morgan fingerprint density at radius 1 is 1.58 bits per heavy atom. The fourth-order valence-electron chi connectivity index (χ4n) is 1.05. The zero-order valence-electron chi connectivity index (χ0n) is 6.87. The highest BCUT2D eigenvalue weighted by Crippen LogP contribution is 2.03. The van der Waals surface area contributed by atoms with Gasteiger partial charge < -0.3 is 0 Å². The topological polar surface area (TPSA) is 49.3 Å². The Hall–Kier alpha value is -1.35. The maximum atomic E-state index is 10.7. The van der Waals surface area contributed by atoms with Crippen LogP contribution in [0.3, 0.4) is 0 Å². The van der Waals surface area contributed by atoms with Crippen molar-refractivity contribution in [1.29, 1.82) is 0 Å². The molecule has 0 fully saturated rings. The van der Waals surface area contributed by atoms with Crippen molar-refractivity contribution in [2.24, 2.45) is 0 Å². The summed E-state index contributed by atoms with van der Waals surface area (Å²) in [7, 11) is 0. The molecule has 12 heavy (non-hydrogen) atoms. The zero-order chi connectivity index (χ0) is 8.97. The Morgan fingerprint density at radius 3 is 2.92 bits per heavy atom. The molecule has 0 aliphatic carbocycles. The lowest BCUT2D eigenvalue weighted by atomic mass is 10.1. The highest BCUT2D eigenvalue weighted by atomic mass is 16.5. The van der Waals surface area contributed by atoms with E-state index >= 15 is 0 Å². The minimum atomic E-state index is -0.388.